The highest BCUT2D eigenvalue weighted by molar-refractivity contribution is 6.32. The number of Topliss-reactive ketones (excluding diaryl/α,β-unsaturated/α-hetero) is 1. The lowest BCUT2D eigenvalue weighted by atomic mass is 9.59. The highest BCUT2D eigenvalue weighted by atomic mass is 35.5. The molecule has 1 saturated heterocycles. The van der Waals surface area contributed by atoms with E-state index < -0.39 is 76.2 Å². The van der Waals surface area contributed by atoms with Crippen molar-refractivity contribution >= 4 is 40.7 Å². The maximum atomic E-state index is 14.0. The first-order valence-electron chi connectivity index (χ1n) is 13.9. The lowest BCUT2D eigenvalue weighted by molar-refractivity contribution is -0.143. The zero-order valence-corrected chi connectivity index (χ0v) is 24.6. The van der Waals surface area contributed by atoms with Crippen LogP contribution in [-0.4, -0.2) is 35.6 Å². The van der Waals surface area contributed by atoms with Crippen LogP contribution in [0.25, 0.3) is 0 Å². The number of nitrogens with zero attached hydrogens (tertiary/aromatic N) is 1. The third-order valence-electron chi connectivity index (χ3n) is 9.00. The van der Waals surface area contributed by atoms with Gasteiger partial charge in [0, 0.05) is 22.6 Å². The molecule has 4 atom stereocenters. The van der Waals surface area contributed by atoms with E-state index in [1.54, 1.807) is 6.08 Å². The van der Waals surface area contributed by atoms with Gasteiger partial charge in [0.05, 0.1) is 40.8 Å². The SMILES string of the molecule is COc1cc([C@H]2C3=CC[C@@H]4C(=O)N(c5cc(C(F)(F)F)cc(C(F)(F)F)c5)C(=O)[C@@H]4[C@@H]3CC3=C2C(=O)C=C(C)C3=O)cc(Cl)c1O. The molecule has 0 aromatic heterocycles. The molecule has 0 saturated carbocycles. The summed E-state index contributed by atoms with van der Waals surface area (Å²) < 4.78 is 87.0. The number of aromatic hydroxyl groups is 1. The standard InChI is InChI=1S/C32H22ClF6NO6/c1-12-5-22(41)26-20(27(12)42)11-19-17(24(26)13-6-21(33)28(43)23(7-13)46-2)3-4-18-25(19)30(45)40(29(18)44)16-9-14(31(34,35)36)8-15(10-16)32(37,38)39/h3,5-10,18-19,24-25,43H,4,11H2,1-2H3/t18-,19+,24-,25-/m0/s1. The first kappa shape index (κ1) is 31.6. The summed E-state index contributed by atoms with van der Waals surface area (Å²) >= 11 is 6.27. The molecular weight excluding hydrogens is 644 g/mol. The van der Waals surface area contributed by atoms with Crippen molar-refractivity contribution in [3.05, 3.63) is 86.5 Å². The molecule has 0 bridgehead atoms. The molecule has 1 N–H and O–H groups in total. The van der Waals surface area contributed by atoms with Crippen LogP contribution in [0, 0.1) is 17.8 Å². The molecule has 1 fully saturated rings. The van der Waals surface area contributed by atoms with Crippen LogP contribution in [0.1, 0.15) is 42.4 Å². The first-order valence-corrected chi connectivity index (χ1v) is 14.3. The minimum absolute atomic E-state index is 0.0503. The maximum absolute atomic E-state index is 14.0. The fourth-order valence-corrected chi connectivity index (χ4v) is 7.22. The van der Waals surface area contributed by atoms with Crippen LogP contribution >= 0.6 is 11.6 Å². The molecular formula is C32H22ClF6NO6. The number of fused-ring (bicyclic) bond motifs is 3. The van der Waals surface area contributed by atoms with Crippen molar-refractivity contribution in [1.82, 2.24) is 0 Å². The van der Waals surface area contributed by atoms with Crippen molar-refractivity contribution < 1.29 is 55.4 Å². The molecule has 1 heterocycles. The Morgan fingerprint density at radius 3 is 2.13 bits per heavy atom. The second-order valence-corrected chi connectivity index (χ2v) is 12.0. The van der Waals surface area contributed by atoms with Crippen molar-refractivity contribution in [3.63, 3.8) is 0 Å². The van der Waals surface area contributed by atoms with Crippen LogP contribution in [-0.2, 0) is 31.5 Å². The van der Waals surface area contributed by atoms with Gasteiger partial charge in [-0.2, -0.15) is 26.3 Å². The third-order valence-corrected chi connectivity index (χ3v) is 9.28. The van der Waals surface area contributed by atoms with E-state index in [2.05, 4.69) is 0 Å². The third kappa shape index (κ3) is 4.83. The zero-order valence-electron chi connectivity index (χ0n) is 23.8. The van der Waals surface area contributed by atoms with Crippen LogP contribution in [0.5, 0.6) is 11.5 Å². The van der Waals surface area contributed by atoms with E-state index in [0.717, 1.165) is 0 Å². The van der Waals surface area contributed by atoms with Gasteiger partial charge in [0.2, 0.25) is 11.8 Å². The van der Waals surface area contributed by atoms with E-state index in [9.17, 15) is 50.6 Å². The number of hydrogen-bond donors (Lipinski definition) is 1. The quantitative estimate of drug-likeness (QED) is 0.169. The lowest BCUT2D eigenvalue weighted by Gasteiger charge is -2.42. The Bertz CT molecular complexity index is 1820. The number of phenols is 1. The van der Waals surface area contributed by atoms with Gasteiger partial charge in [-0.05, 0) is 67.7 Å². The second-order valence-electron chi connectivity index (χ2n) is 11.6. The van der Waals surface area contributed by atoms with E-state index >= 15 is 0 Å². The minimum Gasteiger partial charge on any atom is -0.503 e. The van der Waals surface area contributed by atoms with Crippen LogP contribution < -0.4 is 9.64 Å². The summed E-state index contributed by atoms with van der Waals surface area (Å²) in [5.41, 5.74) is -3.20. The van der Waals surface area contributed by atoms with Gasteiger partial charge in [-0.1, -0.05) is 23.3 Å². The van der Waals surface area contributed by atoms with Crippen LogP contribution in [0.15, 0.2) is 64.8 Å². The van der Waals surface area contributed by atoms with Crippen molar-refractivity contribution in [1.29, 1.82) is 0 Å². The average Bonchev–Trinajstić information content (AvgIpc) is 3.24. The predicted octanol–water partition coefficient (Wildman–Crippen LogP) is 6.73. The molecule has 1 aliphatic heterocycles. The van der Waals surface area contributed by atoms with Gasteiger partial charge in [0.25, 0.3) is 0 Å². The number of amides is 2. The molecule has 0 spiro atoms. The van der Waals surface area contributed by atoms with Crippen molar-refractivity contribution in [2.24, 2.45) is 17.8 Å². The Kier molecular flexibility index (Phi) is 7.26. The molecule has 14 heteroatoms. The molecule has 2 aromatic carbocycles. The van der Waals surface area contributed by atoms with Gasteiger partial charge in [-0.15, -0.1) is 0 Å². The molecule has 4 aliphatic rings. The number of phenolic OH excluding ortho intramolecular Hbond substituents is 1. The highest BCUT2D eigenvalue weighted by Crippen LogP contribution is 2.56. The minimum atomic E-state index is -5.21. The monoisotopic (exact) mass is 665 g/mol. The topological polar surface area (TPSA) is 101 Å². The summed E-state index contributed by atoms with van der Waals surface area (Å²) in [5, 5.41) is 10.2. The molecule has 240 valence electrons. The zero-order chi connectivity index (χ0) is 33.6. The largest absolute Gasteiger partial charge is 0.503 e. The van der Waals surface area contributed by atoms with E-state index in [-0.39, 0.29) is 52.1 Å². The molecule has 3 aliphatic carbocycles. The van der Waals surface area contributed by atoms with E-state index in [0.29, 0.717) is 28.2 Å². The summed E-state index contributed by atoms with van der Waals surface area (Å²) in [6.45, 7) is 1.44. The fourth-order valence-electron chi connectivity index (χ4n) is 7.00. The second kappa shape index (κ2) is 10.6. The van der Waals surface area contributed by atoms with Crippen molar-refractivity contribution in [3.8, 4) is 11.5 Å². The number of allylic oxidation sites excluding steroid dienone is 6. The Labute approximate surface area is 261 Å². The van der Waals surface area contributed by atoms with Gasteiger partial charge in [-0.25, -0.2) is 4.90 Å². The van der Waals surface area contributed by atoms with Gasteiger partial charge in [0.15, 0.2) is 23.1 Å². The summed E-state index contributed by atoms with van der Waals surface area (Å²) in [4.78, 5) is 54.8. The van der Waals surface area contributed by atoms with Gasteiger partial charge in [-0.3, -0.25) is 19.2 Å². The van der Waals surface area contributed by atoms with E-state index in [4.69, 9.17) is 16.3 Å². The Balaban J connectivity index is 1.50. The summed E-state index contributed by atoms with van der Waals surface area (Å²) in [5.74, 6) is -7.77. The Hall–Kier alpha value is -4.39. The number of carbonyl (C=O) groups excluding carboxylic acids is 4. The summed E-state index contributed by atoms with van der Waals surface area (Å²) in [7, 11) is 1.27. The number of anilines is 1. The molecule has 0 radical (unpaired) electrons. The molecule has 2 aromatic rings. The van der Waals surface area contributed by atoms with Gasteiger partial charge < -0.3 is 9.84 Å². The predicted molar refractivity (Wildman–Crippen MR) is 150 cm³/mol. The number of ketones is 2. The summed E-state index contributed by atoms with van der Waals surface area (Å²) in [6.07, 6.45) is -7.94. The van der Waals surface area contributed by atoms with Crippen LogP contribution in [0.3, 0.4) is 0 Å². The Morgan fingerprint density at radius 1 is 0.913 bits per heavy atom. The fraction of sp³-hybridized carbons (Fsp3) is 0.312. The molecule has 0 unspecified atom stereocenters. The van der Waals surface area contributed by atoms with E-state index in [1.165, 1.54) is 32.2 Å². The molecule has 46 heavy (non-hydrogen) atoms. The molecule has 7 nitrogen and oxygen atoms in total. The number of ether oxygens (including phenoxy) is 1. The molecule has 2 amide bonds. The lowest BCUT2D eigenvalue weighted by Crippen LogP contribution is -2.39. The number of alkyl halides is 6. The smallest absolute Gasteiger partial charge is 0.416 e. The number of benzene rings is 2. The van der Waals surface area contributed by atoms with Gasteiger partial charge in [0.1, 0.15) is 0 Å². The van der Waals surface area contributed by atoms with E-state index in [1.807, 2.05) is 0 Å². The average molecular weight is 666 g/mol. The first-order chi connectivity index (χ1) is 21.4. The molecule has 6 rings (SSSR count). The maximum Gasteiger partial charge on any atom is 0.416 e. The van der Waals surface area contributed by atoms with Crippen LogP contribution in [0.2, 0.25) is 5.02 Å². The van der Waals surface area contributed by atoms with Crippen molar-refractivity contribution in [2.75, 3.05) is 12.0 Å². The summed E-state index contributed by atoms with van der Waals surface area (Å²) in [6, 6.07) is 3.32. The number of hydrogen-bond acceptors (Lipinski definition) is 6. The van der Waals surface area contributed by atoms with Crippen LogP contribution in [0.4, 0.5) is 32.0 Å². The number of halogens is 7. The number of rotatable bonds is 3. The highest BCUT2D eigenvalue weighted by Gasteiger charge is 2.57. The normalized spacial score (nSPS) is 24.8. The number of imide groups is 1. The van der Waals surface area contributed by atoms with Crippen molar-refractivity contribution in [2.45, 2.75) is 38.0 Å². The Morgan fingerprint density at radius 2 is 1.54 bits per heavy atom. The number of carbonyl (C=O) groups is 4. The number of methoxy groups -OCH3 is 1. The van der Waals surface area contributed by atoms with Gasteiger partial charge >= 0.3 is 12.4 Å².